The van der Waals surface area contributed by atoms with Gasteiger partial charge in [0.2, 0.25) is 5.88 Å². The third-order valence-electron chi connectivity index (χ3n) is 7.33. The largest absolute Gasteiger partial charge is 2.00 e. The fourth-order valence-electron chi connectivity index (χ4n) is 5.24. The number of fused-ring (bicyclic) bond motifs is 4. The average molecular weight is 713 g/mol. The van der Waals surface area contributed by atoms with E-state index in [1.54, 1.807) is 6.20 Å². The Morgan fingerprint density at radius 2 is 1.44 bits per heavy atom. The van der Waals surface area contributed by atoms with E-state index >= 15 is 0 Å². The van der Waals surface area contributed by atoms with Crippen molar-refractivity contribution in [3.8, 4) is 28.6 Å². The molecule has 0 fully saturated rings. The summed E-state index contributed by atoms with van der Waals surface area (Å²) in [5.41, 5.74) is 5.16. The van der Waals surface area contributed by atoms with E-state index in [0.717, 1.165) is 44.1 Å². The first-order chi connectivity index (χ1) is 19.5. The Balaban J connectivity index is 0.00000302. The van der Waals surface area contributed by atoms with Crippen molar-refractivity contribution in [2.24, 2.45) is 0 Å². The summed E-state index contributed by atoms with van der Waals surface area (Å²) in [5.74, 6) is 2.06. The third kappa shape index (κ3) is 4.94. The first-order valence-electron chi connectivity index (χ1n) is 13.4. The van der Waals surface area contributed by atoms with Crippen LogP contribution in [0.1, 0.15) is 26.3 Å². The molecule has 3 aromatic heterocycles. The van der Waals surface area contributed by atoms with Crippen molar-refractivity contribution in [3.05, 3.63) is 127 Å². The topological polar surface area (TPSA) is 39.9 Å². The Hall–Kier alpha value is -4.27. The molecule has 0 amide bonds. The molecule has 0 bridgehead atoms. The second-order valence-electron chi connectivity index (χ2n) is 11.0. The van der Waals surface area contributed by atoms with Crippen LogP contribution in [-0.4, -0.2) is 14.5 Å². The first-order valence-corrected chi connectivity index (χ1v) is 13.4. The van der Waals surface area contributed by atoms with Gasteiger partial charge in [0.15, 0.2) is 0 Å². The number of hydrogen-bond donors (Lipinski definition) is 0. The van der Waals surface area contributed by atoms with Crippen LogP contribution in [0.15, 0.2) is 109 Å². The van der Waals surface area contributed by atoms with E-state index in [1.807, 2.05) is 48.7 Å². The molecule has 0 aliphatic heterocycles. The second kappa shape index (κ2) is 10.6. The van der Waals surface area contributed by atoms with Crippen molar-refractivity contribution in [2.45, 2.75) is 26.2 Å². The summed E-state index contributed by atoms with van der Waals surface area (Å²) >= 11 is 0. The van der Waals surface area contributed by atoms with E-state index in [-0.39, 0.29) is 26.5 Å². The third-order valence-corrected chi connectivity index (χ3v) is 7.33. The summed E-state index contributed by atoms with van der Waals surface area (Å²) in [6.45, 7) is 6.67. The summed E-state index contributed by atoms with van der Waals surface area (Å²) in [6, 6.07) is 40.1. The van der Waals surface area contributed by atoms with Crippen molar-refractivity contribution in [1.82, 2.24) is 14.5 Å². The minimum Gasteiger partial charge on any atom is -0.459 e. The van der Waals surface area contributed by atoms with Gasteiger partial charge in [-0.05, 0) is 57.6 Å². The van der Waals surface area contributed by atoms with Gasteiger partial charge in [0.05, 0.1) is 0 Å². The zero-order chi connectivity index (χ0) is 27.3. The molecule has 0 saturated heterocycles. The van der Waals surface area contributed by atoms with Gasteiger partial charge in [-0.25, -0.2) is 21.1 Å². The molecule has 7 aromatic rings. The van der Waals surface area contributed by atoms with Gasteiger partial charge in [-0.3, -0.25) is 0 Å². The van der Waals surface area contributed by atoms with Gasteiger partial charge in [-0.15, -0.1) is 18.2 Å². The van der Waals surface area contributed by atoms with E-state index in [0.29, 0.717) is 11.6 Å². The minimum atomic E-state index is 0. The van der Waals surface area contributed by atoms with Gasteiger partial charge in [0, 0.05) is 29.0 Å². The molecule has 0 spiro atoms. The molecule has 202 valence electrons. The fraction of sp³-hybridized carbons (Fsp3) is 0.111. The summed E-state index contributed by atoms with van der Waals surface area (Å²) in [7, 11) is 0. The number of pyridine rings is 2. The molecule has 0 saturated carbocycles. The second-order valence-corrected chi connectivity index (χ2v) is 11.0. The maximum absolute atomic E-state index is 6.23. The molecule has 0 N–H and O–H groups in total. The van der Waals surface area contributed by atoms with Crippen LogP contribution >= 0.6 is 0 Å². The van der Waals surface area contributed by atoms with Gasteiger partial charge < -0.3 is 9.30 Å². The molecule has 0 aliphatic rings. The number of nitrogens with zero attached hydrogens (tertiary/aromatic N) is 3. The molecule has 4 nitrogen and oxygen atoms in total. The molecule has 0 unspecified atom stereocenters. The monoisotopic (exact) mass is 712 g/mol. The van der Waals surface area contributed by atoms with Crippen LogP contribution in [0.2, 0.25) is 0 Å². The summed E-state index contributed by atoms with van der Waals surface area (Å²) in [5, 5.41) is 4.35. The van der Waals surface area contributed by atoms with Crippen LogP contribution < -0.4 is 4.74 Å². The first kappa shape index (κ1) is 26.9. The van der Waals surface area contributed by atoms with Gasteiger partial charge in [-0.1, -0.05) is 62.6 Å². The minimum absolute atomic E-state index is 0. The van der Waals surface area contributed by atoms with Crippen LogP contribution in [0.5, 0.6) is 11.6 Å². The van der Waals surface area contributed by atoms with E-state index < -0.39 is 0 Å². The van der Waals surface area contributed by atoms with Crippen molar-refractivity contribution < 1.29 is 25.8 Å². The zero-order valence-corrected chi connectivity index (χ0v) is 25.2. The summed E-state index contributed by atoms with van der Waals surface area (Å²) in [4.78, 5) is 9.27. The molecule has 0 radical (unpaired) electrons. The number of rotatable bonds is 4. The molecule has 7 rings (SSSR count). The normalized spacial score (nSPS) is 11.6. The van der Waals surface area contributed by atoms with Crippen LogP contribution in [0.4, 0.5) is 0 Å². The Bertz CT molecular complexity index is 2030. The molecule has 0 atom stereocenters. The average Bonchev–Trinajstić information content (AvgIpc) is 3.31. The van der Waals surface area contributed by atoms with Crippen molar-refractivity contribution in [2.75, 3.05) is 0 Å². The SMILES string of the molecule is CC(C)(C)c1ccnc(-n2c3[c-]c(-c4[c-]c(Oc5nccc6ccccc56)ccc4)ccc3c3ccccc32)c1.[Pt+2]. The Morgan fingerprint density at radius 3 is 2.29 bits per heavy atom. The van der Waals surface area contributed by atoms with Crippen LogP contribution in [0, 0.1) is 12.1 Å². The van der Waals surface area contributed by atoms with Crippen molar-refractivity contribution in [3.63, 3.8) is 0 Å². The van der Waals surface area contributed by atoms with Crippen molar-refractivity contribution in [1.29, 1.82) is 0 Å². The van der Waals surface area contributed by atoms with Crippen molar-refractivity contribution >= 4 is 32.6 Å². The molecular formula is C36H27N3OPt. The van der Waals surface area contributed by atoms with E-state index in [1.165, 1.54) is 10.9 Å². The fourth-order valence-corrected chi connectivity index (χ4v) is 5.24. The van der Waals surface area contributed by atoms with E-state index in [9.17, 15) is 0 Å². The number of aromatic nitrogens is 3. The standard InChI is InChI=1S/C36H27N3O.Pt/c1-36(2,3)27-18-20-37-34(23-27)39-32-14-7-6-13-30(32)31-16-15-26(22-33(31)39)25-10-8-11-28(21-25)40-35-29-12-5-4-9-24(29)17-19-38-35;/h4-20,23H,1-3H3;/q-2;+2. The molecule has 0 aliphatic carbocycles. The van der Waals surface area contributed by atoms with Crippen LogP contribution in [-0.2, 0) is 26.5 Å². The number of hydrogen-bond acceptors (Lipinski definition) is 3. The van der Waals surface area contributed by atoms with Crippen LogP contribution in [0.25, 0.3) is 49.5 Å². The summed E-state index contributed by atoms with van der Waals surface area (Å²) in [6.07, 6.45) is 3.67. The maximum Gasteiger partial charge on any atom is 2.00 e. The Kier molecular flexibility index (Phi) is 6.97. The molecular weight excluding hydrogens is 685 g/mol. The number of ether oxygens (including phenoxy) is 1. The molecule has 4 aromatic carbocycles. The quantitative estimate of drug-likeness (QED) is 0.171. The molecule has 5 heteroatoms. The predicted octanol–water partition coefficient (Wildman–Crippen LogP) is 9.08. The molecule has 3 heterocycles. The zero-order valence-electron chi connectivity index (χ0n) is 23.0. The summed E-state index contributed by atoms with van der Waals surface area (Å²) < 4.78 is 8.44. The smallest absolute Gasteiger partial charge is 0.459 e. The van der Waals surface area contributed by atoms with Gasteiger partial charge in [-0.2, -0.15) is 24.3 Å². The molecule has 41 heavy (non-hydrogen) atoms. The van der Waals surface area contributed by atoms with Gasteiger partial charge >= 0.3 is 21.1 Å². The number of para-hydroxylation sites is 1. The van der Waals surface area contributed by atoms with Gasteiger partial charge in [0.25, 0.3) is 0 Å². The Labute approximate surface area is 253 Å². The predicted molar refractivity (Wildman–Crippen MR) is 162 cm³/mol. The number of benzene rings is 4. The van der Waals surface area contributed by atoms with E-state index in [4.69, 9.17) is 9.72 Å². The van der Waals surface area contributed by atoms with E-state index in [2.05, 4.69) is 97.1 Å². The van der Waals surface area contributed by atoms with Crippen LogP contribution in [0.3, 0.4) is 0 Å². The van der Waals surface area contributed by atoms with Gasteiger partial charge in [0.1, 0.15) is 5.82 Å². The maximum atomic E-state index is 6.23. The Morgan fingerprint density at radius 1 is 0.683 bits per heavy atom.